The van der Waals surface area contributed by atoms with Crippen molar-refractivity contribution in [1.82, 2.24) is 29.6 Å². The van der Waals surface area contributed by atoms with Crippen molar-refractivity contribution >= 4 is 52.2 Å². The van der Waals surface area contributed by atoms with Crippen LogP contribution in [-0.4, -0.2) is 62.9 Å². The predicted molar refractivity (Wildman–Crippen MR) is 119 cm³/mol. The third-order valence-corrected chi connectivity index (χ3v) is 5.05. The quantitative estimate of drug-likeness (QED) is 0.338. The minimum atomic E-state index is 0. The number of guanidine groups is 1. The number of aliphatic imine (C=N–C) groups is 1. The number of nitrogens with one attached hydrogen (secondary N) is 1. The lowest BCUT2D eigenvalue weighted by Crippen LogP contribution is -2.53. The maximum atomic E-state index is 4.79. The van der Waals surface area contributed by atoms with Gasteiger partial charge >= 0.3 is 0 Å². The van der Waals surface area contributed by atoms with E-state index < -0.39 is 0 Å². The van der Waals surface area contributed by atoms with Crippen molar-refractivity contribution in [3.05, 3.63) is 41.9 Å². The highest BCUT2D eigenvalue weighted by atomic mass is 127. The van der Waals surface area contributed by atoms with E-state index in [9.17, 15) is 0 Å². The second-order valence-electron chi connectivity index (χ2n) is 6.02. The van der Waals surface area contributed by atoms with Gasteiger partial charge in [0.25, 0.3) is 0 Å². The molecule has 0 atom stereocenters. The van der Waals surface area contributed by atoms with Gasteiger partial charge in [-0.2, -0.15) is 0 Å². The van der Waals surface area contributed by atoms with Crippen LogP contribution in [-0.2, 0) is 6.54 Å². The van der Waals surface area contributed by atoms with Crippen LogP contribution in [0.1, 0.15) is 12.6 Å². The van der Waals surface area contributed by atoms with Gasteiger partial charge in [-0.3, -0.25) is 4.40 Å². The van der Waals surface area contributed by atoms with Gasteiger partial charge in [-0.25, -0.2) is 19.9 Å². The maximum absolute atomic E-state index is 4.79. The fraction of sp³-hybridized carbons (Fsp3) is 0.412. The fourth-order valence-corrected chi connectivity index (χ4v) is 3.73. The van der Waals surface area contributed by atoms with Gasteiger partial charge in [-0.1, -0.05) is 0 Å². The van der Waals surface area contributed by atoms with Crippen LogP contribution in [0.25, 0.3) is 4.96 Å². The first kappa shape index (κ1) is 19.8. The molecule has 0 aliphatic carbocycles. The molecule has 0 bridgehead atoms. The first-order chi connectivity index (χ1) is 12.8. The molecule has 1 N–H and O–H groups in total. The van der Waals surface area contributed by atoms with Gasteiger partial charge < -0.3 is 15.1 Å². The highest BCUT2D eigenvalue weighted by Gasteiger charge is 2.21. The molecule has 0 amide bonds. The van der Waals surface area contributed by atoms with E-state index in [0.717, 1.165) is 55.3 Å². The molecule has 0 saturated carbocycles. The first-order valence-corrected chi connectivity index (χ1v) is 9.68. The Bertz CT molecular complexity index is 841. The number of piperazine rings is 1. The van der Waals surface area contributed by atoms with Crippen LogP contribution in [0.3, 0.4) is 0 Å². The topological polar surface area (TPSA) is 74.0 Å². The molecule has 0 unspecified atom stereocenters. The summed E-state index contributed by atoms with van der Waals surface area (Å²) in [5.41, 5.74) is 0.989. The summed E-state index contributed by atoms with van der Waals surface area (Å²) in [6.07, 6.45) is 7.64. The van der Waals surface area contributed by atoms with Gasteiger partial charge in [-0.05, 0) is 13.0 Å². The van der Waals surface area contributed by atoms with E-state index in [-0.39, 0.29) is 24.0 Å². The molecule has 0 aromatic carbocycles. The number of thiazole rings is 1. The fourth-order valence-electron chi connectivity index (χ4n) is 3.01. The Labute approximate surface area is 179 Å². The zero-order chi connectivity index (χ0) is 17.8. The largest absolute Gasteiger partial charge is 0.357 e. The Morgan fingerprint density at radius 2 is 2.00 bits per heavy atom. The smallest absolute Gasteiger partial charge is 0.225 e. The average molecular weight is 498 g/mol. The third kappa shape index (κ3) is 4.67. The van der Waals surface area contributed by atoms with Crippen molar-refractivity contribution in [1.29, 1.82) is 0 Å². The highest BCUT2D eigenvalue weighted by Crippen LogP contribution is 2.13. The van der Waals surface area contributed by atoms with Crippen LogP contribution < -0.4 is 10.2 Å². The summed E-state index contributed by atoms with van der Waals surface area (Å²) in [6.45, 7) is 7.07. The van der Waals surface area contributed by atoms with Crippen molar-refractivity contribution in [3.63, 3.8) is 0 Å². The Morgan fingerprint density at radius 3 is 2.70 bits per heavy atom. The zero-order valence-electron chi connectivity index (χ0n) is 15.2. The molecule has 1 fully saturated rings. The van der Waals surface area contributed by atoms with Gasteiger partial charge in [0.05, 0.1) is 12.2 Å². The summed E-state index contributed by atoms with van der Waals surface area (Å²) in [5, 5.41) is 5.44. The van der Waals surface area contributed by atoms with E-state index in [0.29, 0.717) is 6.54 Å². The van der Waals surface area contributed by atoms with Crippen LogP contribution >= 0.6 is 35.3 Å². The summed E-state index contributed by atoms with van der Waals surface area (Å²) in [4.78, 5) is 23.6. The minimum Gasteiger partial charge on any atom is -0.357 e. The molecular formula is C17H23IN8S. The number of rotatable bonds is 4. The number of aromatic nitrogens is 4. The minimum absolute atomic E-state index is 0. The maximum Gasteiger partial charge on any atom is 0.225 e. The van der Waals surface area contributed by atoms with E-state index >= 15 is 0 Å². The molecule has 4 heterocycles. The number of anilines is 1. The Kier molecular flexibility index (Phi) is 6.83. The lowest BCUT2D eigenvalue weighted by Gasteiger charge is -2.36. The van der Waals surface area contributed by atoms with Crippen LogP contribution in [0.5, 0.6) is 0 Å². The SMILES string of the molecule is CCNC(=NCc1cn2ccsc2n1)N1CCN(c2ncccn2)CC1.I. The molecule has 3 aromatic rings. The average Bonchev–Trinajstić information content (AvgIpc) is 3.28. The standard InChI is InChI=1S/C17H22N8S.HI/c1-2-18-15(21-12-14-13-25-10-11-26-17(25)22-14)23-6-8-24(9-7-23)16-19-4-3-5-20-16;/h3-5,10-11,13H,2,6-9,12H2,1H3,(H,18,21);1H. The Balaban J connectivity index is 0.00000210. The van der Waals surface area contributed by atoms with Gasteiger partial charge in [0.15, 0.2) is 10.9 Å². The van der Waals surface area contributed by atoms with Gasteiger partial charge in [0, 0.05) is 62.9 Å². The summed E-state index contributed by atoms with van der Waals surface area (Å²) >= 11 is 1.64. The summed E-state index contributed by atoms with van der Waals surface area (Å²) in [5.74, 6) is 1.74. The first-order valence-electron chi connectivity index (χ1n) is 8.80. The molecule has 3 aromatic heterocycles. The Hall–Kier alpha value is -1.95. The highest BCUT2D eigenvalue weighted by molar-refractivity contribution is 14.0. The third-order valence-electron chi connectivity index (χ3n) is 4.28. The summed E-state index contributed by atoms with van der Waals surface area (Å²) in [6, 6.07) is 1.84. The molecule has 0 spiro atoms. The van der Waals surface area contributed by atoms with Gasteiger partial charge in [0.2, 0.25) is 5.95 Å². The van der Waals surface area contributed by atoms with E-state index in [4.69, 9.17) is 4.99 Å². The molecule has 1 aliphatic heterocycles. The normalized spacial score (nSPS) is 15.1. The number of hydrogen-bond donors (Lipinski definition) is 1. The van der Waals surface area contributed by atoms with E-state index in [1.165, 1.54) is 0 Å². The lowest BCUT2D eigenvalue weighted by molar-refractivity contribution is 0.370. The van der Waals surface area contributed by atoms with Gasteiger partial charge in [0.1, 0.15) is 0 Å². The lowest BCUT2D eigenvalue weighted by atomic mass is 10.3. The van der Waals surface area contributed by atoms with Crippen LogP contribution in [0.15, 0.2) is 41.2 Å². The van der Waals surface area contributed by atoms with Gasteiger partial charge in [-0.15, -0.1) is 35.3 Å². The van der Waals surface area contributed by atoms with Crippen molar-refractivity contribution in [2.45, 2.75) is 13.5 Å². The van der Waals surface area contributed by atoms with E-state index in [1.807, 2.05) is 28.2 Å². The van der Waals surface area contributed by atoms with Crippen molar-refractivity contribution in [2.75, 3.05) is 37.6 Å². The number of nitrogens with zero attached hydrogens (tertiary/aromatic N) is 7. The molecule has 144 valence electrons. The van der Waals surface area contributed by atoms with Crippen molar-refractivity contribution in [3.8, 4) is 0 Å². The number of halogens is 1. The number of imidazole rings is 1. The zero-order valence-corrected chi connectivity index (χ0v) is 18.3. The Morgan fingerprint density at radius 1 is 1.22 bits per heavy atom. The molecule has 4 rings (SSSR count). The monoisotopic (exact) mass is 498 g/mol. The van der Waals surface area contributed by atoms with Crippen molar-refractivity contribution in [2.24, 2.45) is 4.99 Å². The second-order valence-corrected chi connectivity index (χ2v) is 6.89. The molecule has 1 aliphatic rings. The van der Waals surface area contributed by atoms with Crippen LogP contribution in [0.4, 0.5) is 5.95 Å². The molecule has 8 nitrogen and oxygen atoms in total. The number of hydrogen-bond acceptors (Lipinski definition) is 6. The number of fused-ring (bicyclic) bond motifs is 1. The predicted octanol–water partition coefficient (Wildman–Crippen LogP) is 2.09. The summed E-state index contributed by atoms with van der Waals surface area (Å²) in [7, 11) is 0. The van der Waals surface area contributed by atoms with E-state index in [2.05, 4.69) is 37.0 Å². The van der Waals surface area contributed by atoms with Crippen LogP contribution in [0.2, 0.25) is 0 Å². The molecular weight excluding hydrogens is 475 g/mol. The molecule has 27 heavy (non-hydrogen) atoms. The molecule has 1 saturated heterocycles. The summed E-state index contributed by atoms with van der Waals surface area (Å²) < 4.78 is 2.04. The van der Waals surface area contributed by atoms with E-state index in [1.54, 1.807) is 23.7 Å². The van der Waals surface area contributed by atoms with Crippen molar-refractivity contribution < 1.29 is 0 Å². The second kappa shape index (κ2) is 9.31. The molecule has 0 radical (unpaired) electrons. The van der Waals surface area contributed by atoms with Crippen LogP contribution in [0, 0.1) is 0 Å². The molecule has 10 heteroatoms.